The van der Waals surface area contributed by atoms with Crippen LogP contribution in [0.3, 0.4) is 0 Å². The van der Waals surface area contributed by atoms with Crippen molar-refractivity contribution < 1.29 is 9.18 Å². The topological polar surface area (TPSA) is 87.4 Å². The molecule has 2 aromatic rings. The van der Waals surface area contributed by atoms with Crippen LogP contribution in [0.4, 0.5) is 16.2 Å². The number of carbonyl (C=O) groups excluding carboxylic acids is 1. The van der Waals surface area contributed by atoms with Gasteiger partial charge in [0.2, 0.25) is 5.95 Å². The number of nitrogens with zero attached hydrogens (tertiary/aromatic N) is 4. The van der Waals surface area contributed by atoms with Gasteiger partial charge in [0.15, 0.2) is 0 Å². The quantitative estimate of drug-likeness (QED) is 0.830. The van der Waals surface area contributed by atoms with Crippen molar-refractivity contribution in [2.75, 3.05) is 36.8 Å². The van der Waals surface area contributed by atoms with E-state index in [2.05, 4.69) is 38.9 Å². The lowest BCUT2D eigenvalue weighted by Gasteiger charge is -2.36. The fourth-order valence-electron chi connectivity index (χ4n) is 3.06. The Balaban J connectivity index is 1.63. The number of amides is 1. The predicted octanol–water partition coefficient (Wildman–Crippen LogP) is 1.66. The normalized spacial score (nSPS) is 15.2. The van der Waals surface area contributed by atoms with Crippen molar-refractivity contribution in [1.29, 1.82) is 0 Å². The molecule has 2 heterocycles. The summed E-state index contributed by atoms with van der Waals surface area (Å²) in [5, 5.41) is 2.65. The van der Waals surface area contributed by atoms with Crippen LogP contribution in [0, 0.1) is 5.82 Å². The summed E-state index contributed by atoms with van der Waals surface area (Å²) in [6.45, 7) is 7.94. The van der Waals surface area contributed by atoms with Gasteiger partial charge >= 0.3 is 0 Å². The largest absolute Gasteiger partial charge is 0.383 e. The zero-order chi connectivity index (χ0) is 19.4. The van der Waals surface area contributed by atoms with Crippen LogP contribution in [0.5, 0.6) is 0 Å². The summed E-state index contributed by atoms with van der Waals surface area (Å²) in [4.78, 5) is 25.4. The second-order valence-electron chi connectivity index (χ2n) is 6.86. The summed E-state index contributed by atoms with van der Waals surface area (Å²) in [5.74, 6) is -0.135. The molecule has 0 bridgehead atoms. The second-order valence-corrected chi connectivity index (χ2v) is 6.86. The van der Waals surface area contributed by atoms with Crippen LogP contribution in [0.15, 0.2) is 30.5 Å². The molecule has 3 N–H and O–H groups in total. The minimum Gasteiger partial charge on any atom is -0.383 e. The van der Waals surface area contributed by atoms with Crippen molar-refractivity contribution in [3.8, 4) is 0 Å². The summed E-state index contributed by atoms with van der Waals surface area (Å²) in [7, 11) is 0. The van der Waals surface area contributed by atoms with Gasteiger partial charge < -0.3 is 16.0 Å². The third-order valence-corrected chi connectivity index (χ3v) is 4.77. The number of benzene rings is 1. The molecule has 0 saturated carbocycles. The molecule has 3 rings (SSSR count). The molecule has 7 nitrogen and oxygen atoms in total. The van der Waals surface area contributed by atoms with Gasteiger partial charge in [0.05, 0.1) is 5.56 Å². The predicted molar refractivity (Wildman–Crippen MR) is 103 cm³/mol. The van der Waals surface area contributed by atoms with Gasteiger partial charge in [-0.05, 0) is 19.9 Å². The van der Waals surface area contributed by atoms with Gasteiger partial charge in [0, 0.05) is 50.5 Å². The average Bonchev–Trinajstić information content (AvgIpc) is 2.67. The van der Waals surface area contributed by atoms with Crippen molar-refractivity contribution in [1.82, 2.24) is 20.2 Å². The van der Waals surface area contributed by atoms with E-state index in [9.17, 15) is 9.18 Å². The maximum atomic E-state index is 13.6. The molecule has 1 aliphatic heterocycles. The first-order valence-electron chi connectivity index (χ1n) is 9.09. The third kappa shape index (κ3) is 4.51. The van der Waals surface area contributed by atoms with Crippen LogP contribution in [-0.2, 0) is 6.54 Å². The number of halogens is 1. The molecule has 1 aromatic heterocycles. The van der Waals surface area contributed by atoms with Crippen LogP contribution in [0.2, 0.25) is 0 Å². The number of anilines is 2. The molecule has 1 saturated heterocycles. The Morgan fingerprint density at radius 1 is 1.26 bits per heavy atom. The highest BCUT2D eigenvalue weighted by Crippen LogP contribution is 2.16. The van der Waals surface area contributed by atoms with Gasteiger partial charge in [-0.1, -0.05) is 18.2 Å². The zero-order valence-electron chi connectivity index (χ0n) is 15.7. The number of aromatic nitrogens is 2. The Hall–Kier alpha value is -2.74. The maximum Gasteiger partial charge on any atom is 0.256 e. The molecule has 1 fully saturated rings. The molecular weight excluding hydrogens is 347 g/mol. The molecule has 1 amide bonds. The van der Waals surface area contributed by atoms with Gasteiger partial charge in [0.1, 0.15) is 11.6 Å². The van der Waals surface area contributed by atoms with Gasteiger partial charge in [-0.3, -0.25) is 9.69 Å². The van der Waals surface area contributed by atoms with Crippen LogP contribution in [0.25, 0.3) is 0 Å². The van der Waals surface area contributed by atoms with Crippen LogP contribution < -0.4 is 16.0 Å². The van der Waals surface area contributed by atoms with Crippen molar-refractivity contribution in [3.63, 3.8) is 0 Å². The van der Waals surface area contributed by atoms with E-state index >= 15 is 0 Å². The van der Waals surface area contributed by atoms with Crippen LogP contribution in [-0.4, -0.2) is 53.0 Å². The lowest BCUT2D eigenvalue weighted by molar-refractivity contribution is 0.0951. The summed E-state index contributed by atoms with van der Waals surface area (Å²) in [6, 6.07) is 6.81. The molecule has 0 atom stereocenters. The maximum absolute atomic E-state index is 13.6. The van der Waals surface area contributed by atoms with E-state index in [-0.39, 0.29) is 23.7 Å². The number of piperazine rings is 1. The molecule has 0 aliphatic carbocycles. The van der Waals surface area contributed by atoms with Gasteiger partial charge in [-0.2, -0.15) is 4.98 Å². The zero-order valence-corrected chi connectivity index (χ0v) is 15.7. The standard InChI is InChI=1S/C19H25FN6O/c1-13(2)25-7-9-26(10-8-25)19-23-12-15(17(21)24-19)18(27)22-11-14-5-3-4-6-16(14)20/h3-6,12-13H,7-11H2,1-2H3,(H,22,27)(H2,21,23,24). The van der Waals surface area contributed by atoms with Crippen LogP contribution >= 0.6 is 0 Å². The molecule has 8 heteroatoms. The third-order valence-electron chi connectivity index (χ3n) is 4.77. The first-order chi connectivity index (χ1) is 13.0. The number of nitrogens with one attached hydrogen (secondary N) is 1. The average molecular weight is 372 g/mol. The van der Waals surface area contributed by atoms with E-state index in [1.54, 1.807) is 18.2 Å². The first-order valence-corrected chi connectivity index (χ1v) is 9.09. The molecule has 0 radical (unpaired) electrons. The van der Waals surface area contributed by atoms with Gasteiger partial charge in [-0.25, -0.2) is 9.37 Å². The van der Waals surface area contributed by atoms with Gasteiger partial charge in [-0.15, -0.1) is 0 Å². The van der Waals surface area contributed by atoms with E-state index in [4.69, 9.17) is 5.73 Å². The summed E-state index contributed by atoms with van der Waals surface area (Å²) >= 11 is 0. The van der Waals surface area contributed by atoms with E-state index in [0.29, 0.717) is 17.6 Å². The van der Waals surface area contributed by atoms with E-state index in [0.717, 1.165) is 26.2 Å². The van der Waals surface area contributed by atoms with E-state index in [1.807, 2.05) is 0 Å². The highest BCUT2D eigenvalue weighted by atomic mass is 19.1. The van der Waals surface area contributed by atoms with Crippen molar-refractivity contribution in [3.05, 3.63) is 47.4 Å². The molecule has 1 aliphatic rings. The first kappa shape index (κ1) is 19.0. The fraction of sp³-hybridized carbons (Fsp3) is 0.421. The Labute approximate surface area is 158 Å². The lowest BCUT2D eigenvalue weighted by atomic mass is 10.2. The van der Waals surface area contributed by atoms with E-state index in [1.165, 1.54) is 12.3 Å². The smallest absolute Gasteiger partial charge is 0.256 e. The molecule has 0 unspecified atom stereocenters. The SMILES string of the molecule is CC(C)N1CCN(c2ncc(C(=O)NCc3ccccc3F)c(N)n2)CC1. The number of rotatable bonds is 5. The minimum absolute atomic E-state index is 0.0733. The number of hydrogen-bond donors (Lipinski definition) is 2. The summed E-state index contributed by atoms with van der Waals surface area (Å²) in [6.07, 6.45) is 1.43. The minimum atomic E-state index is -0.424. The molecule has 0 spiro atoms. The monoisotopic (exact) mass is 372 g/mol. The lowest BCUT2D eigenvalue weighted by Crippen LogP contribution is -2.49. The number of nitrogen functional groups attached to an aromatic ring is 1. The Morgan fingerprint density at radius 2 is 1.96 bits per heavy atom. The molecule has 1 aromatic carbocycles. The number of nitrogens with two attached hydrogens (primary N) is 1. The van der Waals surface area contributed by atoms with Gasteiger partial charge in [0.25, 0.3) is 5.91 Å². The highest BCUT2D eigenvalue weighted by molar-refractivity contribution is 5.98. The van der Waals surface area contributed by atoms with Crippen LogP contribution in [0.1, 0.15) is 29.8 Å². The Bertz CT molecular complexity index is 805. The molecule has 144 valence electrons. The van der Waals surface area contributed by atoms with Crippen molar-refractivity contribution in [2.24, 2.45) is 0 Å². The highest BCUT2D eigenvalue weighted by Gasteiger charge is 2.22. The fourth-order valence-corrected chi connectivity index (χ4v) is 3.06. The van der Waals surface area contributed by atoms with E-state index < -0.39 is 5.91 Å². The summed E-state index contributed by atoms with van der Waals surface area (Å²) < 4.78 is 13.6. The Kier molecular flexibility index (Phi) is 5.85. The second kappa shape index (κ2) is 8.30. The van der Waals surface area contributed by atoms with Crippen molar-refractivity contribution >= 4 is 17.7 Å². The molecule has 27 heavy (non-hydrogen) atoms. The summed E-state index contributed by atoms with van der Waals surface area (Å²) in [5.41, 5.74) is 6.58. The molecular formula is C19H25FN6O. The Morgan fingerprint density at radius 3 is 2.59 bits per heavy atom. The number of hydrogen-bond acceptors (Lipinski definition) is 6. The number of carbonyl (C=O) groups is 1. The van der Waals surface area contributed by atoms with Crippen molar-refractivity contribution in [2.45, 2.75) is 26.4 Å².